The Balaban J connectivity index is 1.85. The third-order valence-electron chi connectivity index (χ3n) is 4.40. The summed E-state index contributed by atoms with van der Waals surface area (Å²) in [5.41, 5.74) is 6.31. The first-order valence-electron chi connectivity index (χ1n) is 8.44. The van der Waals surface area contributed by atoms with Crippen molar-refractivity contribution in [2.75, 3.05) is 0 Å². The van der Waals surface area contributed by atoms with Gasteiger partial charge in [0.15, 0.2) is 0 Å². The van der Waals surface area contributed by atoms with Crippen molar-refractivity contribution in [3.63, 3.8) is 0 Å². The van der Waals surface area contributed by atoms with Gasteiger partial charge in [-0.1, -0.05) is 0 Å². The molecule has 0 atom stereocenters. The van der Waals surface area contributed by atoms with Crippen LogP contribution in [0.1, 0.15) is 22.8 Å². The van der Waals surface area contributed by atoms with E-state index in [0.717, 1.165) is 33.5 Å². The summed E-state index contributed by atoms with van der Waals surface area (Å²) in [7, 11) is 0. The van der Waals surface area contributed by atoms with Crippen molar-refractivity contribution < 1.29 is 9.90 Å². The number of nitrogens with zero attached hydrogens (tertiary/aromatic N) is 2. The third kappa shape index (κ3) is 2.93. The normalized spacial score (nSPS) is 12.8. The van der Waals surface area contributed by atoms with Crippen LogP contribution in [-0.4, -0.2) is 31.0 Å². The van der Waals surface area contributed by atoms with Crippen LogP contribution in [0.4, 0.5) is 0 Å². The Labute approximate surface area is 153 Å². The molecule has 3 N–H and O–H groups in total. The fourth-order valence-electron chi connectivity index (χ4n) is 3.18. The number of carbonyl (C=O) groups is 1. The van der Waals surface area contributed by atoms with Crippen molar-refractivity contribution in [2.24, 2.45) is 0 Å². The zero-order chi connectivity index (χ0) is 18.4. The summed E-state index contributed by atoms with van der Waals surface area (Å²) in [5.74, 6) is -1.00. The number of carboxylic acids is 1. The van der Waals surface area contributed by atoms with E-state index < -0.39 is 5.97 Å². The monoisotopic (exact) mass is 354 g/mol. The Hall–Kier alpha value is -3.93. The van der Waals surface area contributed by atoms with E-state index in [-0.39, 0.29) is 5.57 Å². The number of H-pyrrole nitrogens is 2. The molecule has 2 aliphatic heterocycles. The molecular weight excluding hydrogens is 340 g/mol. The molecule has 0 saturated heterocycles. The van der Waals surface area contributed by atoms with Gasteiger partial charge in [-0.15, -0.1) is 0 Å². The van der Waals surface area contributed by atoms with Crippen molar-refractivity contribution in [3.05, 3.63) is 71.3 Å². The van der Waals surface area contributed by atoms with Gasteiger partial charge in [0.05, 0.1) is 28.3 Å². The first kappa shape index (κ1) is 15.3. The zero-order valence-corrected chi connectivity index (χ0v) is 14.1. The van der Waals surface area contributed by atoms with Crippen molar-refractivity contribution in [1.29, 1.82) is 0 Å². The minimum absolute atomic E-state index is 0.172. The molecular formula is C21H14N4O2. The molecule has 5 rings (SSSR count). The highest BCUT2D eigenvalue weighted by atomic mass is 16.4. The number of aliphatic carboxylic acids is 1. The highest BCUT2D eigenvalue weighted by Gasteiger charge is 2.16. The van der Waals surface area contributed by atoms with E-state index in [2.05, 4.69) is 19.9 Å². The average Bonchev–Trinajstić information content (AvgIpc) is 3.38. The van der Waals surface area contributed by atoms with E-state index in [4.69, 9.17) is 0 Å². The molecule has 5 heterocycles. The lowest BCUT2D eigenvalue weighted by Crippen LogP contribution is -1.96. The Morgan fingerprint density at radius 1 is 0.741 bits per heavy atom. The lowest BCUT2D eigenvalue weighted by molar-refractivity contribution is -0.130. The van der Waals surface area contributed by atoms with Crippen molar-refractivity contribution in [2.45, 2.75) is 0 Å². The molecule has 0 radical (unpaired) electrons. The number of hydrogen-bond acceptors (Lipinski definition) is 3. The molecule has 0 saturated carbocycles. The standard InChI is InChI=1S/C21H14N4O2/c26-21(27)19-10-18-9-16-4-3-14(23-16)7-12-1-2-13(22-12)8-15-5-6-17(24-15)11-20(19)25-18/h1-11,23-24H,(H,26,27). The number of fused-ring (bicyclic) bond motifs is 8. The summed E-state index contributed by atoms with van der Waals surface area (Å²) >= 11 is 0. The fraction of sp³-hybridized carbons (Fsp3) is 0. The number of aromatic amines is 2. The number of aromatic nitrogens is 4. The molecule has 8 bridgehead atoms. The molecule has 3 aromatic heterocycles. The van der Waals surface area contributed by atoms with Crippen LogP contribution in [0.25, 0.3) is 45.9 Å². The lowest BCUT2D eigenvalue weighted by Gasteiger charge is -1.92. The van der Waals surface area contributed by atoms with E-state index >= 15 is 0 Å². The summed E-state index contributed by atoms with van der Waals surface area (Å²) < 4.78 is 0. The maximum Gasteiger partial charge on any atom is 0.337 e. The van der Waals surface area contributed by atoms with Gasteiger partial charge >= 0.3 is 5.97 Å². The number of rotatable bonds is 1. The molecule has 27 heavy (non-hydrogen) atoms. The van der Waals surface area contributed by atoms with E-state index in [1.54, 1.807) is 12.1 Å². The van der Waals surface area contributed by atoms with Crippen LogP contribution in [0.5, 0.6) is 0 Å². The summed E-state index contributed by atoms with van der Waals surface area (Å²) in [6.07, 6.45) is 5.50. The van der Waals surface area contributed by atoms with Gasteiger partial charge in [0.25, 0.3) is 0 Å². The zero-order valence-electron chi connectivity index (χ0n) is 14.1. The molecule has 6 nitrogen and oxygen atoms in total. The summed E-state index contributed by atoms with van der Waals surface area (Å²) in [6, 6.07) is 15.2. The van der Waals surface area contributed by atoms with Crippen LogP contribution < -0.4 is 0 Å². The van der Waals surface area contributed by atoms with Gasteiger partial charge in [-0.05, 0) is 66.8 Å². The van der Waals surface area contributed by atoms with Crippen LogP contribution in [-0.2, 0) is 4.79 Å². The SMILES string of the molecule is O=C(O)C1=Cc2cc3ccc(cc4nc(cc5ccc(cc1n2)[nH]5)C=C4)[nH]3. The van der Waals surface area contributed by atoms with Gasteiger partial charge in [0.1, 0.15) is 0 Å². The highest BCUT2D eigenvalue weighted by Crippen LogP contribution is 2.23. The molecule has 6 heteroatoms. The fourth-order valence-corrected chi connectivity index (χ4v) is 3.18. The van der Waals surface area contributed by atoms with Crippen LogP contribution in [0.2, 0.25) is 0 Å². The van der Waals surface area contributed by atoms with E-state index in [0.29, 0.717) is 11.4 Å². The van der Waals surface area contributed by atoms with Gasteiger partial charge in [0, 0.05) is 22.1 Å². The highest BCUT2D eigenvalue weighted by molar-refractivity contribution is 6.21. The predicted octanol–water partition coefficient (Wildman–Crippen LogP) is 4.11. The minimum Gasteiger partial charge on any atom is -0.478 e. The Morgan fingerprint density at radius 2 is 1.26 bits per heavy atom. The van der Waals surface area contributed by atoms with Gasteiger partial charge < -0.3 is 15.1 Å². The van der Waals surface area contributed by atoms with Crippen LogP contribution in [0.15, 0.2) is 48.5 Å². The topological polar surface area (TPSA) is 94.7 Å². The van der Waals surface area contributed by atoms with Crippen LogP contribution >= 0.6 is 0 Å². The summed E-state index contributed by atoms with van der Waals surface area (Å²) in [5, 5.41) is 9.51. The van der Waals surface area contributed by atoms with E-state index in [1.807, 2.05) is 54.6 Å². The van der Waals surface area contributed by atoms with E-state index in [1.165, 1.54) is 0 Å². The third-order valence-corrected chi connectivity index (χ3v) is 4.40. The molecule has 0 unspecified atom stereocenters. The maximum atomic E-state index is 11.6. The smallest absolute Gasteiger partial charge is 0.337 e. The number of nitrogens with one attached hydrogen (secondary N) is 2. The quantitative estimate of drug-likeness (QED) is 0.479. The van der Waals surface area contributed by atoms with Gasteiger partial charge in [-0.3, -0.25) is 0 Å². The Morgan fingerprint density at radius 3 is 1.81 bits per heavy atom. The Kier molecular flexibility index (Phi) is 3.30. The molecule has 0 aromatic carbocycles. The maximum absolute atomic E-state index is 11.6. The molecule has 0 spiro atoms. The van der Waals surface area contributed by atoms with Gasteiger partial charge in [-0.25, -0.2) is 14.8 Å². The van der Waals surface area contributed by atoms with Crippen LogP contribution in [0.3, 0.4) is 0 Å². The second-order valence-corrected chi connectivity index (χ2v) is 6.40. The van der Waals surface area contributed by atoms with Crippen molar-refractivity contribution in [1.82, 2.24) is 19.9 Å². The van der Waals surface area contributed by atoms with Crippen molar-refractivity contribution >= 4 is 51.8 Å². The largest absolute Gasteiger partial charge is 0.478 e. The predicted molar refractivity (Wildman–Crippen MR) is 105 cm³/mol. The molecule has 0 fully saturated rings. The molecule has 0 aliphatic carbocycles. The second kappa shape index (κ2) is 5.81. The molecule has 130 valence electrons. The average molecular weight is 354 g/mol. The lowest BCUT2D eigenvalue weighted by atomic mass is 10.2. The summed E-state index contributed by atoms with van der Waals surface area (Å²) in [4.78, 5) is 27.2. The van der Waals surface area contributed by atoms with Crippen molar-refractivity contribution in [3.8, 4) is 0 Å². The van der Waals surface area contributed by atoms with Crippen LogP contribution in [0, 0.1) is 0 Å². The second-order valence-electron chi connectivity index (χ2n) is 6.40. The molecule has 2 aliphatic rings. The summed E-state index contributed by atoms with van der Waals surface area (Å²) in [6.45, 7) is 0. The first-order chi connectivity index (χ1) is 13.1. The Bertz CT molecular complexity index is 1310. The minimum atomic E-state index is -1.00. The molecule has 0 amide bonds. The first-order valence-corrected chi connectivity index (χ1v) is 8.44. The number of carboxylic acid groups (broad SMARTS) is 1. The molecule has 3 aromatic rings. The number of hydrogen-bond donors (Lipinski definition) is 3. The van der Waals surface area contributed by atoms with E-state index in [9.17, 15) is 9.90 Å². The van der Waals surface area contributed by atoms with Gasteiger partial charge in [0.2, 0.25) is 0 Å². The van der Waals surface area contributed by atoms with Gasteiger partial charge in [-0.2, -0.15) is 0 Å².